The Morgan fingerprint density at radius 3 is 1.54 bits per heavy atom. The van der Waals surface area contributed by atoms with E-state index in [0.717, 1.165) is 42.4 Å². The molecule has 0 bridgehead atoms. The number of hydrogen-bond donors (Lipinski definition) is 8. The van der Waals surface area contributed by atoms with Crippen LogP contribution in [0.3, 0.4) is 0 Å². The minimum absolute atomic E-state index is 0.0732. The van der Waals surface area contributed by atoms with Crippen LogP contribution in [0, 0.1) is 27.7 Å². The predicted octanol–water partition coefficient (Wildman–Crippen LogP) is 4.74. The first-order valence-corrected chi connectivity index (χ1v) is 23.5. The number of amides is 3. The van der Waals surface area contributed by atoms with Crippen LogP contribution in [0.5, 0.6) is 11.5 Å². The van der Waals surface area contributed by atoms with Crippen molar-refractivity contribution in [2.45, 2.75) is 65.5 Å². The summed E-state index contributed by atoms with van der Waals surface area (Å²) in [6, 6.07) is 21.7. The molecule has 3 amide bonds. The number of ether oxygens (including phenoxy) is 2. The van der Waals surface area contributed by atoms with Crippen LogP contribution < -0.4 is 32.3 Å². The van der Waals surface area contributed by atoms with Gasteiger partial charge in [0.25, 0.3) is 17.7 Å². The summed E-state index contributed by atoms with van der Waals surface area (Å²) in [4.78, 5) is 84.4. The van der Waals surface area contributed by atoms with Gasteiger partial charge in [-0.25, -0.2) is 34.5 Å². The highest BCUT2D eigenvalue weighted by atomic mass is 32.1. The first-order valence-electron chi connectivity index (χ1n) is 22.6. The Bertz CT molecular complexity index is 2750. The van der Waals surface area contributed by atoms with Gasteiger partial charge in [0.1, 0.15) is 34.3 Å². The highest BCUT2D eigenvalue weighted by Gasteiger charge is 2.27. The van der Waals surface area contributed by atoms with Crippen molar-refractivity contribution in [3.63, 3.8) is 0 Å². The fourth-order valence-corrected chi connectivity index (χ4v) is 7.99. The van der Waals surface area contributed by atoms with Crippen LogP contribution in [0.25, 0.3) is 10.6 Å². The molecule has 0 aliphatic rings. The van der Waals surface area contributed by atoms with Crippen LogP contribution in [0.15, 0.2) is 84.2 Å². The minimum atomic E-state index is -1.15. The molecule has 2 atom stereocenters. The van der Waals surface area contributed by atoms with Crippen molar-refractivity contribution in [1.29, 1.82) is 0 Å². The molecule has 0 radical (unpaired) electrons. The molecule has 0 aliphatic carbocycles. The second-order valence-electron chi connectivity index (χ2n) is 16.0. The van der Waals surface area contributed by atoms with Gasteiger partial charge in [0, 0.05) is 37.1 Å². The summed E-state index contributed by atoms with van der Waals surface area (Å²) in [6.45, 7) is 7.73. The van der Waals surface area contributed by atoms with Crippen molar-refractivity contribution >= 4 is 52.9 Å². The molecular formula is C50H59N11O9S. The molecule has 374 valence electrons. The van der Waals surface area contributed by atoms with Crippen LogP contribution in [-0.4, -0.2) is 117 Å². The maximum Gasteiger partial charge on any atom is 0.330 e. The number of carbonyl (C=O) groups is 5. The van der Waals surface area contributed by atoms with Gasteiger partial charge in [-0.3, -0.25) is 14.4 Å². The number of benzene rings is 3. The molecule has 71 heavy (non-hydrogen) atoms. The standard InChI is InChI=1S/C30H32N6O5S.C20H27N5O4/c1-18-25(19(2)34-30(33-18)31-14-8-10-20-9-7-13-22(37)15-20)27(39)35-23(29(40)41-3)16-32-26(38)24-17-42-28(36-24)21-11-5-4-6-12-21;1-12-17(18(27)25-16(11-21)19(28)29-3)13(2)24-20(23-12)22-9-5-7-14-6-4-8-15(26)10-14/h4-7,9,11-13,15,17,23,37H,8,10,14,16H2,1-3H3,(H,32,38)(H,35,39)(H,31,33,34);4,6,8,10,16,26H,5,7,9,11,21H2,1-3H3,(H,25,27)(H,22,23,24)/t23-;16-/m00/s1. The number of rotatable bonds is 21. The lowest BCUT2D eigenvalue weighted by Crippen LogP contribution is -2.49. The number of nitrogens with zero attached hydrogens (tertiary/aromatic N) is 5. The molecule has 0 spiro atoms. The Kier molecular flexibility index (Phi) is 20.2. The average molecular weight is 990 g/mol. The molecule has 6 aromatic rings. The third-order valence-corrected chi connectivity index (χ3v) is 11.6. The van der Waals surface area contributed by atoms with Crippen LogP contribution in [0.2, 0.25) is 0 Å². The zero-order valence-corrected chi connectivity index (χ0v) is 41.2. The SMILES string of the molecule is COC(=O)[C@H](CN)NC(=O)c1c(C)nc(NCCCc2cccc(O)c2)nc1C.COC(=O)[C@H](CNC(=O)c1csc(-c2ccccc2)n1)NC(=O)c1c(C)nc(NCCCc2cccc(O)c2)nc1C. The molecule has 3 heterocycles. The molecule has 6 rings (SSSR count). The number of hydrogen-bond acceptors (Lipinski definition) is 18. The summed E-state index contributed by atoms with van der Waals surface area (Å²) in [6.07, 6.45) is 3.18. The number of nitrogens with two attached hydrogens (primary N) is 1. The largest absolute Gasteiger partial charge is 0.508 e. The minimum Gasteiger partial charge on any atom is -0.508 e. The molecule has 0 saturated carbocycles. The highest BCUT2D eigenvalue weighted by Crippen LogP contribution is 2.23. The second kappa shape index (κ2) is 26.6. The highest BCUT2D eigenvalue weighted by molar-refractivity contribution is 7.13. The maximum atomic E-state index is 13.2. The number of aromatic nitrogens is 5. The molecule has 0 saturated heterocycles. The van der Waals surface area contributed by atoms with Crippen molar-refractivity contribution in [2.75, 3.05) is 51.0 Å². The van der Waals surface area contributed by atoms with Crippen LogP contribution in [-0.2, 0) is 31.9 Å². The van der Waals surface area contributed by atoms with Gasteiger partial charge in [-0.1, -0.05) is 54.6 Å². The monoisotopic (exact) mass is 989 g/mol. The van der Waals surface area contributed by atoms with Crippen molar-refractivity contribution in [1.82, 2.24) is 40.9 Å². The number of phenols is 2. The van der Waals surface area contributed by atoms with Crippen LogP contribution >= 0.6 is 11.3 Å². The quantitative estimate of drug-likeness (QED) is 0.0357. The van der Waals surface area contributed by atoms with E-state index in [4.69, 9.17) is 10.5 Å². The number of methoxy groups -OCH3 is 2. The Labute approximate surface area is 415 Å². The molecule has 0 unspecified atom stereocenters. The molecular weight excluding hydrogens is 931 g/mol. The Morgan fingerprint density at radius 2 is 1.08 bits per heavy atom. The number of aryl methyl sites for hydroxylation is 6. The molecule has 3 aromatic carbocycles. The van der Waals surface area contributed by atoms with Crippen molar-refractivity contribution in [2.24, 2.45) is 5.73 Å². The van der Waals surface area contributed by atoms with Crippen molar-refractivity contribution in [3.05, 3.63) is 135 Å². The Hall–Kier alpha value is -8.04. The molecule has 3 aromatic heterocycles. The van der Waals surface area contributed by atoms with E-state index in [1.807, 2.05) is 48.5 Å². The summed E-state index contributed by atoms with van der Waals surface area (Å²) >= 11 is 1.33. The molecule has 0 aliphatic heterocycles. The van der Waals surface area contributed by atoms with Gasteiger partial charge in [-0.05, 0) is 88.8 Å². The summed E-state index contributed by atoms with van der Waals surface area (Å²) in [5, 5.41) is 35.6. The normalized spacial score (nSPS) is 11.5. The average Bonchev–Trinajstić information content (AvgIpc) is 3.85. The van der Waals surface area contributed by atoms with Gasteiger partial charge >= 0.3 is 11.9 Å². The van der Waals surface area contributed by atoms with Crippen LogP contribution in [0.1, 0.15) is 77.9 Å². The van der Waals surface area contributed by atoms with Gasteiger partial charge < -0.3 is 52.0 Å². The molecule has 20 nitrogen and oxygen atoms in total. The van der Waals surface area contributed by atoms with E-state index >= 15 is 0 Å². The number of nitrogens with one attached hydrogen (secondary N) is 5. The van der Waals surface area contributed by atoms with Gasteiger partial charge in [0.2, 0.25) is 11.9 Å². The number of anilines is 2. The third-order valence-electron chi connectivity index (χ3n) is 10.7. The third kappa shape index (κ3) is 16.0. The zero-order chi connectivity index (χ0) is 51.5. The molecule has 9 N–H and O–H groups in total. The number of aromatic hydroxyl groups is 2. The maximum absolute atomic E-state index is 13.2. The van der Waals surface area contributed by atoms with Gasteiger partial charge in [-0.2, -0.15) is 0 Å². The van der Waals surface area contributed by atoms with E-state index < -0.39 is 41.7 Å². The van der Waals surface area contributed by atoms with E-state index in [-0.39, 0.29) is 35.8 Å². The predicted molar refractivity (Wildman–Crippen MR) is 268 cm³/mol. The van der Waals surface area contributed by atoms with E-state index in [1.54, 1.807) is 63.4 Å². The summed E-state index contributed by atoms with van der Waals surface area (Å²) in [7, 11) is 2.44. The number of carbonyl (C=O) groups excluding carboxylic acids is 5. The molecule has 21 heteroatoms. The first-order chi connectivity index (χ1) is 34.1. The van der Waals surface area contributed by atoms with E-state index in [2.05, 4.69) is 56.2 Å². The fraction of sp³-hybridized carbons (Fsp3) is 0.320. The van der Waals surface area contributed by atoms with E-state index in [1.165, 1.54) is 25.6 Å². The Morgan fingerprint density at radius 1 is 0.620 bits per heavy atom. The van der Waals surface area contributed by atoms with E-state index in [0.29, 0.717) is 58.3 Å². The van der Waals surface area contributed by atoms with Gasteiger partial charge in [-0.15, -0.1) is 11.3 Å². The number of phenolic OH excluding ortho intramolecular Hbond substituents is 2. The van der Waals surface area contributed by atoms with Gasteiger partial charge in [0.15, 0.2) is 0 Å². The number of esters is 2. The number of thiazole rings is 1. The summed E-state index contributed by atoms with van der Waals surface area (Å²) in [5.41, 5.74) is 11.1. The van der Waals surface area contributed by atoms with Crippen molar-refractivity contribution < 1.29 is 43.7 Å². The summed E-state index contributed by atoms with van der Waals surface area (Å²) in [5.74, 6) is -1.55. The topological polar surface area (TPSA) is 295 Å². The zero-order valence-electron chi connectivity index (χ0n) is 40.4. The second-order valence-corrected chi connectivity index (χ2v) is 16.9. The summed E-state index contributed by atoms with van der Waals surface area (Å²) < 4.78 is 9.47. The van der Waals surface area contributed by atoms with Gasteiger partial charge in [0.05, 0.1) is 48.1 Å². The lowest BCUT2D eigenvalue weighted by atomic mass is 10.1. The van der Waals surface area contributed by atoms with E-state index in [9.17, 15) is 34.2 Å². The fourth-order valence-electron chi connectivity index (χ4n) is 7.19. The Balaban J connectivity index is 0.000000283. The smallest absolute Gasteiger partial charge is 0.330 e. The molecule has 0 fully saturated rings. The lowest BCUT2D eigenvalue weighted by Gasteiger charge is -2.18. The first kappa shape index (κ1) is 53.9. The van der Waals surface area contributed by atoms with Crippen LogP contribution in [0.4, 0.5) is 11.9 Å². The van der Waals surface area contributed by atoms with Crippen molar-refractivity contribution in [3.8, 4) is 22.1 Å². The lowest BCUT2D eigenvalue weighted by molar-refractivity contribution is -0.143.